The first-order valence-corrected chi connectivity index (χ1v) is 15.1. The Hall–Kier alpha value is -3.13. The fourth-order valence-electron chi connectivity index (χ4n) is 4.15. The Morgan fingerprint density at radius 3 is 2.05 bits per heavy atom. The van der Waals surface area contributed by atoms with Gasteiger partial charge in [0.05, 0.1) is 12.7 Å². The van der Waals surface area contributed by atoms with Crippen molar-refractivity contribution in [3.63, 3.8) is 0 Å². The van der Waals surface area contributed by atoms with E-state index in [0.717, 1.165) is 6.42 Å². The van der Waals surface area contributed by atoms with Crippen LogP contribution in [0.5, 0.6) is 0 Å². The molecule has 4 heteroatoms. The summed E-state index contributed by atoms with van der Waals surface area (Å²) in [5.74, 6) is 6.65. The van der Waals surface area contributed by atoms with Crippen LogP contribution < -0.4 is 10.4 Å². The van der Waals surface area contributed by atoms with Crippen LogP contribution in [0.4, 0.5) is 0 Å². The molecule has 0 unspecified atom stereocenters. The molecule has 0 saturated carbocycles. The average molecular weight is 515 g/mol. The number of hydrogen-bond donors (Lipinski definition) is 0. The maximum absolute atomic E-state index is 11.7. The summed E-state index contributed by atoms with van der Waals surface area (Å²) in [6, 6.07) is 21.2. The molecule has 0 bridgehead atoms. The maximum Gasteiger partial charge on any atom is 0.330 e. The van der Waals surface area contributed by atoms with Crippen LogP contribution in [-0.4, -0.2) is 27.0 Å². The lowest BCUT2D eigenvalue weighted by molar-refractivity contribution is -0.137. The molecule has 0 aromatic heterocycles. The van der Waals surface area contributed by atoms with Gasteiger partial charge in [-0.25, -0.2) is 4.79 Å². The van der Waals surface area contributed by atoms with E-state index in [0.29, 0.717) is 18.9 Å². The Balaban J connectivity index is 2.52. The Kier molecular flexibility index (Phi) is 12.4. The van der Waals surface area contributed by atoms with Gasteiger partial charge < -0.3 is 9.16 Å². The molecule has 0 saturated heterocycles. The van der Waals surface area contributed by atoms with E-state index >= 15 is 0 Å². The third-order valence-corrected chi connectivity index (χ3v) is 11.3. The molecule has 3 nitrogen and oxygen atoms in total. The minimum Gasteiger partial charge on any atom is -0.463 e. The van der Waals surface area contributed by atoms with Gasteiger partial charge in [-0.1, -0.05) is 138 Å². The lowest BCUT2D eigenvalue weighted by atomic mass is 10.1. The molecule has 0 fully saturated rings. The summed E-state index contributed by atoms with van der Waals surface area (Å²) in [4.78, 5) is 11.7. The lowest BCUT2D eigenvalue weighted by Crippen LogP contribution is -2.67. The molecule has 0 aliphatic carbocycles. The first-order valence-electron chi connectivity index (χ1n) is 13.2. The molecule has 2 aromatic rings. The molecule has 0 aliphatic heterocycles. The average Bonchev–Trinajstić information content (AvgIpc) is 2.89. The Morgan fingerprint density at radius 1 is 0.946 bits per heavy atom. The van der Waals surface area contributed by atoms with Gasteiger partial charge in [-0.3, -0.25) is 0 Å². The molecule has 0 radical (unpaired) electrons. The van der Waals surface area contributed by atoms with Crippen molar-refractivity contribution in [1.82, 2.24) is 0 Å². The number of carbonyl (C=O) groups excluding carboxylic acids is 1. The zero-order valence-corrected chi connectivity index (χ0v) is 24.2. The third-order valence-electron chi connectivity index (χ3n) is 6.26. The summed E-state index contributed by atoms with van der Waals surface area (Å²) in [5, 5.41) is 2.30. The zero-order valence-electron chi connectivity index (χ0n) is 23.2. The number of carbonyl (C=O) groups is 1. The molecule has 0 spiro atoms. The number of benzene rings is 2. The monoisotopic (exact) mass is 514 g/mol. The van der Waals surface area contributed by atoms with Gasteiger partial charge in [0, 0.05) is 12.5 Å². The van der Waals surface area contributed by atoms with E-state index in [9.17, 15) is 4.79 Å². The fourth-order valence-corrected chi connectivity index (χ4v) is 8.78. The zero-order chi connectivity index (χ0) is 27.2. The van der Waals surface area contributed by atoms with Crippen molar-refractivity contribution in [3.8, 4) is 11.8 Å². The van der Waals surface area contributed by atoms with Gasteiger partial charge in [0.15, 0.2) is 0 Å². The van der Waals surface area contributed by atoms with Gasteiger partial charge in [0.2, 0.25) is 0 Å². The van der Waals surface area contributed by atoms with E-state index < -0.39 is 8.32 Å². The van der Waals surface area contributed by atoms with Crippen molar-refractivity contribution in [2.75, 3.05) is 6.61 Å². The van der Waals surface area contributed by atoms with Crippen LogP contribution in [0.25, 0.3) is 0 Å². The molecule has 0 aliphatic rings. The van der Waals surface area contributed by atoms with Crippen LogP contribution in [0.3, 0.4) is 0 Å². The van der Waals surface area contributed by atoms with Gasteiger partial charge in [0.1, 0.15) is 0 Å². The molecule has 0 N–H and O–H groups in total. The van der Waals surface area contributed by atoms with E-state index in [1.165, 1.54) is 16.4 Å². The summed E-state index contributed by atoms with van der Waals surface area (Å²) >= 11 is 0. The second kappa shape index (κ2) is 15.2. The topological polar surface area (TPSA) is 35.5 Å². The van der Waals surface area contributed by atoms with Crippen LogP contribution in [0.1, 0.15) is 54.4 Å². The predicted molar refractivity (Wildman–Crippen MR) is 158 cm³/mol. The normalized spacial score (nSPS) is 14.0. The molecule has 2 aromatic carbocycles. The van der Waals surface area contributed by atoms with E-state index in [2.05, 4.69) is 101 Å². The summed E-state index contributed by atoms with van der Waals surface area (Å²) in [5.41, 5.74) is 0. The summed E-state index contributed by atoms with van der Waals surface area (Å²) in [6.07, 6.45) is 12.4. The fraction of sp³-hybridized carbons (Fsp3) is 0.364. The number of hydrogen-bond acceptors (Lipinski definition) is 3. The van der Waals surface area contributed by atoms with E-state index in [1.54, 1.807) is 13.0 Å². The number of esters is 1. The van der Waals surface area contributed by atoms with Crippen LogP contribution in [0.2, 0.25) is 5.04 Å². The smallest absolute Gasteiger partial charge is 0.330 e. The molecule has 2 atom stereocenters. The largest absolute Gasteiger partial charge is 0.463 e. The standard InChI is InChI=1S/C33H42O3Si/c1-7-28(3)20-12-9-13-21-29(22-18-19-27-32(34)35-8-2)36-37(33(4,5)6,30-23-14-10-15-24-30)31-25-16-11-17-26-31/h10-12,14-20,22-29H,7-8,21H2,1-6H3/b20-12+,22-18+,27-19+/t28-,29-/m1/s1. The van der Waals surface area contributed by atoms with Gasteiger partial charge in [-0.2, -0.15) is 0 Å². The molecule has 0 amide bonds. The minimum absolute atomic E-state index is 0.146. The quantitative estimate of drug-likeness (QED) is 0.111. The highest BCUT2D eigenvalue weighted by atomic mass is 28.4. The molecule has 2 rings (SSSR count). The Morgan fingerprint density at radius 2 is 1.54 bits per heavy atom. The van der Waals surface area contributed by atoms with Crippen molar-refractivity contribution < 1.29 is 14.0 Å². The van der Waals surface area contributed by atoms with Crippen molar-refractivity contribution in [1.29, 1.82) is 0 Å². The first-order chi connectivity index (χ1) is 17.7. The van der Waals surface area contributed by atoms with Crippen LogP contribution in [-0.2, 0) is 14.0 Å². The third kappa shape index (κ3) is 9.04. The highest BCUT2D eigenvalue weighted by molar-refractivity contribution is 6.99. The molecule has 37 heavy (non-hydrogen) atoms. The van der Waals surface area contributed by atoms with Crippen molar-refractivity contribution in [2.45, 2.75) is 65.5 Å². The van der Waals surface area contributed by atoms with Crippen LogP contribution in [0.15, 0.2) is 97.1 Å². The highest BCUT2D eigenvalue weighted by Gasteiger charge is 2.51. The highest BCUT2D eigenvalue weighted by Crippen LogP contribution is 2.38. The number of allylic oxidation sites excluding steroid dienone is 4. The number of rotatable bonds is 11. The van der Waals surface area contributed by atoms with E-state index in [1.807, 2.05) is 30.4 Å². The minimum atomic E-state index is -2.75. The molecular formula is C33H42O3Si. The molecule has 0 heterocycles. The van der Waals surface area contributed by atoms with E-state index in [4.69, 9.17) is 9.16 Å². The van der Waals surface area contributed by atoms with E-state index in [-0.39, 0.29) is 17.1 Å². The van der Waals surface area contributed by atoms with Crippen molar-refractivity contribution >= 4 is 24.7 Å². The maximum atomic E-state index is 11.7. The SMILES string of the molecule is CCOC(=O)/C=C/C=C/[C@@H](CC#C/C=C/[C@H](C)CC)O[Si](c1ccccc1)(c1ccccc1)C(C)(C)C. The number of ether oxygens (including phenoxy) is 1. The lowest BCUT2D eigenvalue weighted by Gasteiger charge is -2.44. The summed E-state index contributed by atoms with van der Waals surface area (Å²) in [6.45, 7) is 13.3. The van der Waals surface area contributed by atoms with Crippen molar-refractivity contribution in [3.05, 3.63) is 97.1 Å². The molecular weight excluding hydrogens is 472 g/mol. The summed E-state index contributed by atoms with van der Waals surface area (Å²) < 4.78 is 12.2. The Bertz CT molecular complexity index is 1060. The second-order valence-electron chi connectivity index (χ2n) is 10.1. The first kappa shape index (κ1) is 30.1. The predicted octanol–water partition coefficient (Wildman–Crippen LogP) is 6.60. The van der Waals surface area contributed by atoms with Crippen molar-refractivity contribution in [2.24, 2.45) is 5.92 Å². The van der Waals surface area contributed by atoms with Gasteiger partial charge in [-0.15, -0.1) is 0 Å². The summed E-state index contributed by atoms with van der Waals surface area (Å²) in [7, 11) is -2.75. The van der Waals surface area contributed by atoms with Crippen LogP contribution >= 0.6 is 0 Å². The van der Waals surface area contributed by atoms with Crippen LogP contribution in [0, 0.1) is 17.8 Å². The Labute approximate surface area is 225 Å². The van der Waals surface area contributed by atoms with Gasteiger partial charge in [-0.05, 0) is 34.3 Å². The van der Waals surface area contributed by atoms with Gasteiger partial charge >= 0.3 is 5.97 Å². The second-order valence-corrected chi connectivity index (χ2v) is 14.3. The van der Waals surface area contributed by atoms with Gasteiger partial charge in [0.25, 0.3) is 8.32 Å². The molecule has 196 valence electrons.